The summed E-state index contributed by atoms with van der Waals surface area (Å²) >= 11 is 0. The standard InChI is InChI=1S/C17H21NO2/c1-12-7-9-14(10-8-12)17(18)13(2)20-16-6-4-5-15(11-16)19-3/h4-11,13,17H,18H2,1-3H3. The van der Waals surface area contributed by atoms with E-state index in [1.807, 2.05) is 43.3 Å². The maximum Gasteiger partial charge on any atom is 0.123 e. The summed E-state index contributed by atoms with van der Waals surface area (Å²) in [6.07, 6.45) is -0.121. The quantitative estimate of drug-likeness (QED) is 0.905. The highest BCUT2D eigenvalue weighted by Crippen LogP contribution is 2.23. The third-order valence-corrected chi connectivity index (χ3v) is 3.33. The molecule has 0 aliphatic heterocycles. The maximum absolute atomic E-state index is 6.25. The summed E-state index contributed by atoms with van der Waals surface area (Å²) in [6, 6.07) is 15.6. The fourth-order valence-corrected chi connectivity index (χ4v) is 2.02. The van der Waals surface area contributed by atoms with Crippen molar-refractivity contribution in [3.63, 3.8) is 0 Å². The number of hydrogen-bond donors (Lipinski definition) is 1. The van der Waals surface area contributed by atoms with Crippen molar-refractivity contribution >= 4 is 0 Å². The van der Waals surface area contributed by atoms with E-state index < -0.39 is 0 Å². The minimum atomic E-state index is -0.165. The molecular weight excluding hydrogens is 250 g/mol. The second-order valence-corrected chi connectivity index (χ2v) is 4.94. The number of nitrogens with two attached hydrogens (primary N) is 1. The van der Waals surface area contributed by atoms with Crippen molar-refractivity contribution in [1.29, 1.82) is 0 Å². The molecule has 106 valence electrons. The van der Waals surface area contributed by atoms with Gasteiger partial charge in [-0.2, -0.15) is 0 Å². The SMILES string of the molecule is COc1cccc(OC(C)C(N)c2ccc(C)cc2)c1. The Morgan fingerprint density at radius 3 is 2.30 bits per heavy atom. The molecule has 20 heavy (non-hydrogen) atoms. The molecule has 0 saturated heterocycles. The zero-order valence-electron chi connectivity index (χ0n) is 12.2. The van der Waals surface area contributed by atoms with Crippen LogP contribution in [0.2, 0.25) is 0 Å². The molecule has 0 saturated carbocycles. The topological polar surface area (TPSA) is 44.5 Å². The molecule has 2 aromatic carbocycles. The molecule has 3 nitrogen and oxygen atoms in total. The van der Waals surface area contributed by atoms with Gasteiger partial charge < -0.3 is 15.2 Å². The van der Waals surface area contributed by atoms with Crippen LogP contribution in [0.15, 0.2) is 48.5 Å². The average Bonchev–Trinajstić information content (AvgIpc) is 2.47. The van der Waals surface area contributed by atoms with E-state index in [4.69, 9.17) is 15.2 Å². The second kappa shape index (κ2) is 6.44. The van der Waals surface area contributed by atoms with E-state index in [-0.39, 0.29) is 12.1 Å². The van der Waals surface area contributed by atoms with Crippen LogP contribution < -0.4 is 15.2 Å². The molecule has 2 rings (SSSR count). The molecule has 0 bridgehead atoms. The molecule has 2 atom stereocenters. The Bertz CT molecular complexity index is 551. The Morgan fingerprint density at radius 1 is 1.00 bits per heavy atom. The summed E-state index contributed by atoms with van der Waals surface area (Å²) in [5.74, 6) is 1.54. The summed E-state index contributed by atoms with van der Waals surface area (Å²) in [6.45, 7) is 4.04. The molecule has 0 amide bonds. The van der Waals surface area contributed by atoms with Gasteiger partial charge in [-0.05, 0) is 31.5 Å². The Labute approximate surface area is 120 Å². The van der Waals surface area contributed by atoms with Gasteiger partial charge in [-0.3, -0.25) is 0 Å². The predicted octanol–water partition coefficient (Wildman–Crippen LogP) is 3.47. The van der Waals surface area contributed by atoms with Crippen molar-refractivity contribution in [2.75, 3.05) is 7.11 Å². The number of aryl methyl sites for hydroxylation is 1. The number of ether oxygens (including phenoxy) is 2. The van der Waals surface area contributed by atoms with Gasteiger partial charge in [0.2, 0.25) is 0 Å². The zero-order valence-corrected chi connectivity index (χ0v) is 12.2. The van der Waals surface area contributed by atoms with Crippen LogP contribution in [0.4, 0.5) is 0 Å². The maximum atomic E-state index is 6.25. The van der Waals surface area contributed by atoms with E-state index in [9.17, 15) is 0 Å². The molecule has 0 aromatic heterocycles. The van der Waals surface area contributed by atoms with Crippen LogP contribution in [0.1, 0.15) is 24.1 Å². The predicted molar refractivity (Wildman–Crippen MR) is 81.2 cm³/mol. The van der Waals surface area contributed by atoms with E-state index in [1.165, 1.54) is 5.56 Å². The molecule has 3 heteroatoms. The Balaban J connectivity index is 2.06. The number of hydrogen-bond acceptors (Lipinski definition) is 3. The first-order valence-corrected chi connectivity index (χ1v) is 6.73. The molecule has 0 aliphatic carbocycles. The lowest BCUT2D eigenvalue weighted by atomic mass is 10.0. The number of benzene rings is 2. The van der Waals surface area contributed by atoms with Crippen molar-refractivity contribution in [3.8, 4) is 11.5 Å². The fourth-order valence-electron chi connectivity index (χ4n) is 2.02. The minimum absolute atomic E-state index is 0.121. The molecule has 0 spiro atoms. The van der Waals surface area contributed by atoms with E-state index in [0.29, 0.717) is 0 Å². The van der Waals surface area contributed by atoms with Gasteiger partial charge >= 0.3 is 0 Å². The van der Waals surface area contributed by atoms with Crippen LogP contribution >= 0.6 is 0 Å². The summed E-state index contributed by atoms with van der Waals surface area (Å²) in [4.78, 5) is 0. The zero-order chi connectivity index (χ0) is 14.5. The Morgan fingerprint density at radius 2 is 1.65 bits per heavy atom. The largest absolute Gasteiger partial charge is 0.497 e. The van der Waals surface area contributed by atoms with Crippen molar-refractivity contribution in [2.24, 2.45) is 5.73 Å². The normalized spacial score (nSPS) is 13.6. The van der Waals surface area contributed by atoms with E-state index >= 15 is 0 Å². The van der Waals surface area contributed by atoms with Gasteiger partial charge in [-0.1, -0.05) is 35.9 Å². The van der Waals surface area contributed by atoms with E-state index in [1.54, 1.807) is 7.11 Å². The molecule has 0 heterocycles. The van der Waals surface area contributed by atoms with Crippen LogP contribution in [0, 0.1) is 6.92 Å². The lowest BCUT2D eigenvalue weighted by Gasteiger charge is -2.22. The highest BCUT2D eigenvalue weighted by Gasteiger charge is 2.16. The summed E-state index contributed by atoms with van der Waals surface area (Å²) in [5.41, 5.74) is 8.55. The van der Waals surface area contributed by atoms with Crippen molar-refractivity contribution < 1.29 is 9.47 Å². The lowest BCUT2D eigenvalue weighted by molar-refractivity contribution is 0.190. The van der Waals surface area contributed by atoms with Gasteiger partial charge in [0.25, 0.3) is 0 Å². The first-order valence-electron chi connectivity index (χ1n) is 6.73. The summed E-state index contributed by atoms with van der Waals surface area (Å²) < 4.78 is 11.1. The summed E-state index contributed by atoms with van der Waals surface area (Å²) in [5, 5.41) is 0. The van der Waals surface area contributed by atoms with Crippen molar-refractivity contribution in [2.45, 2.75) is 26.0 Å². The lowest BCUT2D eigenvalue weighted by Crippen LogP contribution is -2.28. The van der Waals surface area contributed by atoms with Gasteiger partial charge in [0, 0.05) is 6.07 Å². The first-order chi connectivity index (χ1) is 9.60. The van der Waals surface area contributed by atoms with Gasteiger partial charge in [0.1, 0.15) is 17.6 Å². The summed E-state index contributed by atoms with van der Waals surface area (Å²) in [7, 11) is 1.64. The van der Waals surface area contributed by atoms with Gasteiger partial charge in [-0.15, -0.1) is 0 Å². The van der Waals surface area contributed by atoms with Crippen LogP contribution in [-0.4, -0.2) is 13.2 Å². The molecule has 0 aliphatic rings. The van der Waals surface area contributed by atoms with Crippen LogP contribution in [0.5, 0.6) is 11.5 Å². The number of methoxy groups -OCH3 is 1. The van der Waals surface area contributed by atoms with Crippen LogP contribution in [-0.2, 0) is 0 Å². The average molecular weight is 271 g/mol. The minimum Gasteiger partial charge on any atom is -0.497 e. The van der Waals surface area contributed by atoms with Gasteiger partial charge in [0.15, 0.2) is 0 Å². The van der Waals surface area contributed by atoms with Crippen LogP contribution in [0.25, 0.3) is 0 Å². The van der Waals surface area contributed by atoms with E-state index in [2.05, 4.69) is 19.1 Å². The Kier molecular flexibility index (Phi) is 4.64. The monoisotopic (exact) mass is 271 g/mol. The van der Waals surface area contributed by atoms with Gasteiger partial charge in [-0.25, -0.2) is 0 Å². The molecule has 2 N–H and O–H groups in total. The van der Waals surface area contributed by atoms with E-state index in [0.717, 1.165) is 17.1 Å². The Hall–Kier alpha value is -2.00. The number of rotatable bonds is 5. The molecular formula is C17H21NO2. The van der Waals surface area contributed by atoms with Crippen LogP contribution in [0.3, 0.4) is 0 Å². The third kappa shape index (κ3) is 3.52. The fraction of sp³-hybridized carbons (Fsp3) is 0.294. The van der Waals surface area contributed by atoms with Crippen molar-refractivity contribution in [1.82, 2.24) is 0 Å². The molecule has 0 fully saturated rings. The highest BCUT2D eigenvalue weighted by molar-refractivity contribution is 5.33. The highest BCUT2D eigenvalue weighted by atomic mass is 16.5. The van der Waals surface area contributed by atoms with Crippen molar-refractivity contribution in [3.05, 3.63) is 59.7 Å². The molecule has 2 aromatic rings. The van der Waals surface area contributed by atoms with Gasteiger partial charge in [0.05, 0.1) is 13.2 Å². The smallest absolute Gasteiger partial charge is 0.123 e. The molecule has 0 radical (unpaired) electrons. The third-order valence-electron chi connectivity index (χ3n) is 3.33. The second-order valence-electron chi connectivity index (χ2n) is 4.94. The molecule has 2 unspecified atom stereocenters. The first kappa shape index (κ1) is 14.4.